The first-order valence-corrected chi connectivity index (χ1v) is 10.8. The number of hydrogen-bond acceptors (Lipinski definition) is 4. The SMILES string of the molecule is O=C(c1ccc(F)cc1)N1CCC(C(=O)N2CCC[C@H]2c2nnc3ccccn23)CC1. The zero-order valence-electron chi connectivity index (χ0n) is 17.2. The maximum atomic E-state index is 13.3. The fourth-order valence-corrected chi connectivity index (χ4v) is 4.73. The van der Waals surface area contributed by atoms with Gasteiger partial charge in [0.05, 0.1) is 6.04 Å². The summed E-state index contributed by atoms with van der Waals surface area (Å²) in [6.45, 7) is 1.78. The number of carbonyl (C=O) groups is 2. The Hall–Kier alpha value is -3.29. The fourth-order valence-electron chi connectivity index (χ4n) is 4.73. The van der Waals surface area contributed by atoms with E-state index in [1.807, 2.05) is 33.7 Å². The number of hydrogen-bond donors (Lipinski definition) is 0. The van der Waals surface area contributed by atoms with E-state index in [4.69, 9.17) is 0 Å². The number of aromatic nitrogens is 3. The minimum absolute atomic E-state index is 0.0659. The summed E-state index contributed by atoms with van der Waals surface area (Å²) >= 11 is 0. The number of pyridine rings is 1. The standard InChI is InChI=1S/C23H24FN5O2/c24-18-8-6-16(7-9-18)22(30)27-14-10-17(11-15-27)23(31)28-13-3-4-19(28)21-26-25-20-5-1-2-12-29(20)21/h1-2,5-9,12,17,19H,3-4,10-11,13-15H2/t19-/m0/s1. The van der Waals surface area contributed by atoms with Crippen molar-refractivity contribution in [2.45, 2.75) is 31.7 Å². The third-order valence-electron chi connectivity index (χ3n) is 6.40. The van der Waals surface area contributed by atoms with Gasteiger partial charge in [0.2, 0.25) is 5.91 Å². The average Bonchev–Trinajstić information content (AvgIpc) is 3.45. The predicted molar refractivity (Wildman–Crippen MR) is 112 cm³/mol. The highest BCUT2D eigenvalue weighted by atomic mass is 19.1. The van der Waals surface area contributed by atoms with Gasteiger partial charge < -0.3 is 9.80 Å². The molecule has 0 saturated carbocycles. The van der Waals surface area contributed by atoms with Crippen LogP contribution in [0.3, 0.4) is 0 Å². The van der Waals surface area contributed by atoms with Crippen molar-refractivity contribution >= 4 is 17.5 Å². The van der Waals surface area contributed by atoms with Crippen molar-refractivity contribution < 1.29 is 14.0 Å². The van der Waals surface area contributed by atoms with Crippen LogP contribution in [0, 0.1) is 11.7 Å². The Morgan fingerprint density at radius 2 is 1.71 bits per heavy atom. The Kier molecular flexibility index (Phi) is 5.13. The molecule has 2 fully saturated rings. The molecule has 5 rings (SSSR count). The molecule has 2 aromatic heterocycles. The van der Waals surface area contributed by atoms with Crippen molar-refractivity contribution in [2.24, 2.45) is 5.92 Å². The lowest BCUT2D eigenvalue weighted by molar-refractivity contribution is -0.138. The zero-order chi connectivity index (χ0) is 21.4. The van der Waals surface area contributed by atoms with Crippen molar-refractivity contribution in [1.82, 2.24) is 24.4 Å². The second kappa shape index (κ2) is 8.09. The van der Waals surface area contributed by atoms with Gasteiger partial charge in [-0.1, -0.05) is 6.07 Å². The Balaban J connectivity index is 1.25. The molecule has 1 aromatic carbocycles. The molecule has 160 valence electrons. The smallest absolute Gasteiger partial charge is 0.253 e. The maximum Gasteiger partial charge on any atom is 0.253 e. The first-order chi connectivity index (χ1) is 15.1. The lowest BCUT2D eigenvalue weighted by Crippen LogP contribution is -2.44. The quantitative estimate of drug-likeness (QED) is 0.652. The highest BCUT2D eigenvalue weighted by molar-refractivity contribution is 5.94. The monoisotopic (exact) mass is 421 g/mol. The minimum Gasteiger partial charge on any atom is -0.339 e. The summed E-state index contributed by atoms with van der Waals surface area (Å²) in [6, 6.07) is 11.3. The number of nitrogens with zero attached hydrogens (tertiary/aromatic N) is 5. The van der Waals surface area contributed by atoms with Crippen LogP contribution in [0.25, 0.3) is 5.65 Å². The molecule has 0 aliphatic carbocycles. The molecule has 2 aliphatic rings. The third kappa shape index (κ3) is 3.66. The molecule has 31 heavy (non-hydrogen) atoms. The Bertz CT molecular complexity index is 1100. The maximum absolute atomic E-state index is 13.3. The van der Waals surface area contributed by atoms with Gasteiger partial charge in [0, 0.05) is 37.3 Å². The van der Waals surface area contributed by atoms with Crippen LogP contribution in [0.1, 0.15) is 47.9 Å². The largest absolute Gasteiger partial charge is 0.339 e. The van der Waals surface area contributed by atoms with Gasteiger partial charge >= 0.3 is 0 Å². The molecule has 2 saturated heterocycles. The van der Waals surface area contributed by atoms with E-state index < -0.39 is 0 Å². The van der Waals surface area contributed by atoms with E-state index in [0.717, 1.165) is 30.9 Å². The molecular formula is C23H24FN5O2. The van der Waals surface area contributed by atoms with Gasteiger partial charge in [0.25, 0.3) is 5.91 Å². The summed E-state index contributed by atoms with van der Waals surface area (Å²) in [6.07, 6.45) is 5.03. The lowest BCUT2D eigenvalue weighted by atomic mass is 9.94. The number of piperidine rings is 1. The zero-order valence-corrected chi connectivity index (χ0v) is 17.2. The predicted octanol–water partition coefficient (Wildman–Crippen LogP) is 3.08. The van der Waals surface area contributed by atoms with E-state index in [0.29, 0.717) is 31.5 Å². The van der Waals surface area contributed by atoms with E-state index in [1.165, 1.54) is 24.3 Å². The summed E-state index contributed by atoms with van der Waals surface area (Å²) in [5, 5.41) is 8.61. The van der Waals surface area contributed by atoms with Crippen LogP contribution >= 0.6 is 0 Å². The summed E-state index contributed by atoms with van der Waals surface area (Å²) < 4.78 is 15.1. The van der Waals surface area contributed by atoms with Gasteiger partial charge in [0.15, 0.2) is 11.5 Å². The van der Waals surface area contributed by atoms with Gasteiger partial charge in [-0.15, -0.1) is 10.2 Å². The lowest BCUT2D eigenvalue weighted by Gasteiger charge is -2.34. The molecule has 3 aromatic rings. The van der Waals surface area contributed by atoms with Gasteiger partial charge in [-0.25, -0.2) is 4.39 Å². The molecule has 0 radical (unpaired) electrons. The molecular weight excluding hydrogens is 397 g/mol. The van der Waals surface area contributed by atoms with E-state index in [-0.39, 0.29) is 29.6 Å². The van der Waals surface area contributed by atoms with E-state index in [9.17, 15) is 14.0 Å². The first-order valence-electron chi connectivity index (χ1n) is 10.8. The number of likely N-dealkylation sites (tertiary alicyclic amines) is 2. The van der Waals surface area contributed by atoms with Crippen LogP contribution in [-0.2, 0) is 4.79 Å². The number of halogens is 1. The molecule has 0 N–H and O–H groups in total. The van der Waals surface area contributed by atoms with E-state index in [1.54, 1.807) is 4.90 Å². The van der Waals surface area contributed by atoms with Crippen LogP contribution in [0.15, 0.2) is 48.7 Å². The molecule has 2 aliphatic heterocycles. The summed E-state index contributed by atoms with van der Waals surface area (Å²) in [5.74, 6) is 0.382. The highest BCUT2D eigenvalue weighted by Crippen LogP contribution is 2.34. The summed E-state index contributed by atoms with van der Waals surface area (Å²) in [7, 11) is 0. The molecule has 2 amide bonds. The molecule has 7 nitrogen and oxygen atoms in total. The Morgan fingerprint density at radius 1 is 0.935 bits per heavy atom. The summed E-state index contributed by atoms with van der Waals surface area (Å²) in [4.78, 5) is 29.7. The van der Waals surface area contributed by atoms with Crippen LogP contribution < -0.4 is 0 Å². The molecule has 0 bridgehead atoms. The number of amides is 2. The van der Waals surface area contributed by atoms with Crippen molar-refractivity contribution in [3.05, 3.63) is 65.9 Å². The van der Waals surface area contributed by atoms with E-state index in [2.05, 4.69) is 10.2 Å². The molecule has 8 heteroatoms. The van der Waals surface area contributed by atoms with Gasteiger partial charge in [-0.2, -0.15) is 0 Å². The van der Waals surface area contributed by atoms with Gasteiger partial charge in [-0.3, -0.25) is 14.0 Å². The molecule has 0 spiro atoms. The molecule has 4 heterocycles. The molecule has 0 unspecified atom stereocenters. The van der Waals surface area contributed by atoms with E-state index >= 15 is 0 Å². The van der Waals surface area contributed by atoms with Crippen LogP contribution in [0.4, 0.5) is 4.39 Å². The highest BCUT2D eigenvalue weighted by Gasteiger charge is 2.38. The van der Waals surface area contributed by atoms with Gasteiger partial charge in [0.1, 0.15) is 5.82 Å². The second-order valence-electron chi connectivity index (χ2n) is 8.25. The fraction of sp³-hybridized carbons (Fsp3) is 0.391. The van der Waals surface area contributed by atoms with Crippen molar-refractivity contribution in [1.29, 1.82) is 0 Å². The Morgan fingerprint density at radius 3 is 2.48 bits per heavy atom. The topological polar surface area (TPSA) is 70.8 Å². The minimum atomic E-state index is -0.360. The third-order valence-corrected chi connectivity index (χ3v) is 6.40. The number of fused-ring (bicyclic) bond motifs is 1. The van der Waals surface area contributed by atoms with Crippen molar-refractivity contribution in [2.75, 3.05) is 19.6 Å². The van der Waals surface area contributed by atoms with Crippen LogP contribution in [0.2, 0.25) is 0 Å². The van der Waals surface area contributed by atoms with Crippen molar-refractivity contribution in [3.8, 4) is 0 Å². The van der Waals surface area contributed by atoms with Crippen molar-refractivity contribution in [3.63, 3.8) is 0 Å². The number of benzene rings is 1. The number of carbonyl (C=O) groups excluding carboxylic acids is 2. The molecule has 1 atom stereocenters. The normalized spacial score (nSPS) is 19.8. The van der Waals surface area contributed by atoms with Gasteiger partial charge in [-0.05, 0) is 62.1 Å². The average molecular weight is 421 g/mol. The second-order valence-corrected chi connectivity index (χ2v) is 8.25. The van der Waals surface area contributed by atoms with Crippen LogP contribution in [-0.4, -0.2) is 55.8 Å². The Labute approximate surface area is 179 Å². The summed E-state index contributed by atoms with van der Waals surface area (Å²) in [5.41, 5.74) is 1.26. The van der Waals surface area contributed by atoms with Crippen LogP contribution in [0.5, 0.6) is 0 Å². The number of rotatable bonds is 3. The first kappa shape index (κ1) is 19.7.